The van der Waals surface area contributed by atoms with Gasteiger partial charge in [0.1, 0.15) is 10.7 Å². The summed E-state index contributed by atoms with van der Waals surface area (Å²) in [5, 5.41) is 0. The van der Waals surface area contributed by atoms with Crippen molar-refractivity contribution in [2.45, 2.75) is 32.2 Å². The first-order valence-electron chi connectivity index (χ1n) is 6.97. The predicted octanol–water partition coefficient (Wildman–Crippen LogP) is 2.57. The predicted molar refractivity (Wildman–Crippen MR) is 82.7 cm³/mol. The van der Waals surface area contributed by atoms with E-state index >= 15 is 0 Å². The van der Waals surface area contributed by atoms with Gasteiger partial charge in [-0.05, 0) is 37.9 Å². The van der Waals surface area contributed by atoms with E-state index in [0.29, 0.717) is 4.99 Å². The highest BCUT2D eigenvalue weighted by molar-refractivity contribution is 7.80. The van der Waals surface area contributed by atoms with Gasteiger partial charge < -0.3 is 15.4 Å². The van der Waals surface area contributed by atoms with E-state index in [-0.39, 0.29) is 0 Å². The third kappa shape index (κ3) is 4.48. The molecule has 0 spiro atoms. The molecule has 2 rings (SSSR count). The van der Waals surface area contributed by atoms with Crippen molar-refractivity contribution in [1.29, 1.82) is 0 Å². The van der Waals surface area contributed by atoms with Crippen LogP contribution in [-0.2, 0) is 0 Å². The number of nitrogens with zero attached hydrogens (tertiary/aromatic N) is 1. The summed E-state index contributed by atoms with van der Waals surface area (Å²) in [6.45, 7) is 5.23. The van der Waals surface area contributed by atoms with Crippen molar-refractivity contribution in [2.24, 2.45) is 5.73 Å². The van der Waals surface area contributed by atoms with Gasteiger partial charge in [-0.3, -0.25) is 0 Å². The molecule has 0 aromatic heterocycles. The van der Waals surface area contributed by atoms with Gasteiger partial charge in [-0.1, -0.05) is 31.3 Å². The van der Waals surface area contributed by atoms with Crippen molar-refractivity contribution in [1.82, 2.24) is 4.90 Å². The molecule has 1 aromatic rings. The van der Waals surface area contributed by atoms with E-state index in [1.165, 1.54) is 12.8 Å². The lowest BCUT2D eigenvalue weighted by atomic mass is 10.2. The molecule has 1 aliphatic rings. The van der Waals surface area contributed by atoms with Crippen LogP contribution in [0.3, 0.4) is 0 Å². The van der Waals surface area contributed by atoms with Crippen LogP contribution in [0.1, 0.15) is 31.7 Å². The highest BCUT2D eigenvalue weighted by Crippen LogP contribution is 2.26. The minimum Gasteiger partial charge on any atom is -0.494 e. The molecule has 3 nitrogen and oxygen atoms in total. The summed E-state index contributed by atoms with van der Waals surface area (Å²) in [6, 6.07) is 8.51. The first-order valence-corrected chi connectivity index (χ1v) is 7.38. The molecule has 2 N–H and O–H groups in total. The van der Waals surface area contributed by atoms with Crippen molar-refractivity contribution in [3.05, 3.63) is 29.8 Å². The van der Waals surface area contributed by atoms with Gasteiger partial charge in [0.25, 0.3) is 0 Å². The number of hydrogen-bond donors (Lipinski definition) is 1. The molecule has 0 amide bonds. The number of ether oxygens (including phenoxy) is 1. The maximum atomic E-state index is 5.75. The molecular weight excluding hydrogens is 256 g/mol. The molecule has 0 aliphatic heterocycles. The van der Waals surface area contributed by atoms with Crippen LogP contribution in [0.25, 0.3) is 0 Å². The molecule has 0 saturated heterocycles. The van der Waals surface area contributed by atoms with Crippen LogP contribution in [0.15, 0.2) is 24.3 Å². The number of benzene rings is 1. The molecular formula is C15H22N2OS. The first-order chi connectivity index (χ1) is 9.20. The highest BCUT2D eigenvalue weighted by atomic mass is 32.1. The molecule has 4 heteroatoms. The van der Waals surface area contributed by atoms with E-state index < -0.39 is 0 Å². The maximum Gasteiger partial charge on any atom is 0.119 e. The third-order valence-corrected chi connectivity index (χ3v) is 3.68. The van der Waals surface area contributed by atoms with E-state index in [1.54, 1.807) is 0 Å². The zero-order valence-electron chi connectivity index (χ0n) is 11.5. The van der Waals surface area contributed by atoms with Gasteiger partial charge in [0.15, 0.2) is 0 Å². The Balaban J connectivity index is 1.73. The van der Waals surface area contributed by atoms with Gasteiger partial charge in [-0.2, -0.15) is 0 Å². The lowest BCUT2D eigenvalue weighted by molar-refractivity contribution is 0.235. The summed E-state index contributed by atoms with van der Waals surface area (Å²) in [7, 11) is 0. The number of thiocarbonyl (C=S) groups is 1. The molecule has 0 heterocycles. The molecule has 0 unspecified atom stereocenters. The molecule has 104 valence electrons. The Hall–Kier alpha value is -1.13. The lowest BCUT2D eigenvalue weighted by Gasteiger charge is -2.19. The van der Waals surface area contributed by atoms with Gasteiger partial charge in [-0.15, -0.1) is 0 Å². The zero-order valence-corrected chi connectivity index (χ0v) is 12.3. The number of nitrogens with two attached hydrogens (primary N) is 1. The Morgan fingerprint density at radius 3 is 2.89 bits per heavy atom. The number of hydrogen-bond acceptors (Lipinski definition) is 3. The Labute approximate surface area is 120 Å². The van der Waals surface area contributed by atoms with Crippen LogP contribution in [-0.4, -0.2) is 35.6 Å². The van der Waals surface area contributed by atoms with Crippen molar-refractivity contribution < 1.29 is 4.74 Å². The zero-order chi connectivity index (χ0) is 13.7. The topological polar surface area (TPSA) is 38.5 Å². The second-order valence-corrected chi connectivity index (χ2v) is 5.39. The van der Waals surface area contributed by atoms with Crippen molar-refractivity contribution in [2.75, 3.05) is 19.7 Å². The van der Waals surface area contributed by atoms with Crippen LogP contribution >= 0.6 is 12.2 Å². The molecule has 19 heavy (non-hydrogen) atoms. The second kappa shape index (κ2) is 6.87. The largest absolute Gasteiger partial charge is 0.494 e. The highest BCUT2D eigenvalue weighted by Gasteiger charge is 2.26. The quantitative estimate of drug-likeness (QED) is 0.586. The van der Waals surface area contributed by atoms with Gasteiger partial charge in [0.05, 0.1) is 6.61 Å². The summed E-state index contributed by atoms with van der Waals surface area (Å²) in [6.07, 6.45) is 3.79. The molecule has 1 aromatic carbocycles. The smallest absolute Gasteiger partial charge is 0.119 e. The molecule has 1 fully saturated rings. The van der Waals surface area contributed by atoms with Gasteiger partial charge in [0, 0.05) is 18.2 Å². The van der Waals surface area contributed by atoms with Crippen LogP contribution in [0.5, 0.6) is 5.75 Å². The third-order valence-electron chi connectivity index (χ3n) is 3.45. The van der Waals surface area contributed by atoms with Gasteiger partial charge in [-0.25, -0.2) is 0 Å². The van der Waals surface area contributed by atoms with Crippen LogP contribution in [0.2, 0.25) is 0 Å². The van der Waals surface area contributed by atoms with Crippen LogP contribution < -0.4 is 10.5 Å². The SMILES string of the molecule is CCN(CCCOc1cccc(C(N)=S)c1)C1CC1. The van der Waals surface area contributed by atoms with Crippen molar-refractivity contribution in [3.8, 4) is 5.75 Å². The van der Waals surface area contributed by atoms with Crippen molar-refractivity contribution in [3.63, 3.8) is 0 Å². The fourth-order valence-corrected chi connectivity index (χ4v) is 2.36. The molecule has 0 bridgehead atoms. The normalized spacial score (nSPS) is 14.6. The van der Waals surface area contributed by atoms with Crippen LogP contribution in [0.4, 0.5) is 0 Å². The minimum atomic E-state index is 0.413. The lowest BCUT2D eigenvalue weighted by Crippen LogP contribution is -2.27. The summed E-state index contributed by atoms with van der Waals surface area (Å²) >= 11 is 4.96. The Bertz CT molecular complexity index is 432. The Morgan fingerprint density at radius 2 is 2.26 bits per heavy atom. The van der Waals surface area contributed by atoms with Crippen molar-refractivity contribution >= 4 is 17.2 Å². The molecule has 1 aliphatic carbocycles. The summed E-state index contributed by atoms with van der Waals surface area (Å²) in [5.74, 6) is 0.847. The fourth-order valence-electron chi connectivity index (χ4n) is 2.24. The summed E-state index contributed by atoms with van der Waals surface area (Å²) in [5.41, 5.74) is 6.47. The Kier molecular flexibility index (Phi) is 5.16. The standard InChI is InChI=1S/C15H22N2OS/c1-2-17(13-7-8-13)9-4-10-18-14-6-3-5-12(11-14)15(16)19/h3,5-6,11,13H,2,4,7-10H2,1H3,(H2,16,19). The number of rotatable bonds is 8. The molecule has 0 atom stereocenters. The maximum absolute atomic E-state index is 5.75. The first kappa shape index (κ1) is 14.3. The fraction of sp³-hybridized carbons (Fsp3) is 0.533. The molecule has 0 radical (unpaired) electrons. The summed E-state index contributed by atoms with van der Waals surface area (Å²) in [4.78, 5) is 2.95. The van der Waals surface area contributed by atoms with E-state index in [4.69, 9.17) is 22.7 Å². The average Bonchev–Trinajstić information content (AvgIpc) is 3.23. The Morgan fingerprint density at radius 1 is 1.47 bits per heavy atom. The minimum absolute atomic E-state index is 0.413. The van der Waals surface area contributed by atoms with E-state index in [9.17, 15) is 0 Å². The van der Waals surface area contributed by atoms with Crippen LogP contribution in [0, 0.1) is 0 Å². The average molecular weight is 278 g/mol. The van der Waals surface area contributed by atoms with E-state index in [0.717, 1.165) is 43.5 Å². The summed E-state index contributed by atoms with van der Waals surface area (Å²) < 4.78 is 5.75. The second-order valence-electron chi connectivity index (χ2n) is 4.95. The van der Waals surface area contributed by atoms with Gasteiger partial charge in [0.2, 0.25) is 0 Å². The molecule has 1 saturated carbocycles. The van der Waals surface area contributed by atoms with E-state index in [1.807, 2.05) is 24.3 Å². The van der Waals surface area contributed by atoms with E-state index in [2.05, 4.69) is 11.8 Å². The van der Waals surface area contributed by atoms with Gasteiger partial charge >= 0.3 is 0 Å². The monoisotopic (exact) mass is 278 g/mol.